The van der Waals surface area contributed by atoms with Crippen LogP contribution in [0.2, 0.25) is 0 Å². The number of hydrogen-bond donors (Lipinski definition) is 0. The average Bonchev–Trinajstić information content (AvgIpc) is 3.48. The lowest BCUT2D eigenvalue weighted by Gasteiger charge is -2.11. The lowest BCUT2D eigenvalue weighted by Crippen LogP contribution is -2.06. The number of nitro benzene ring substituents is 1. The Hall–Kier alpha value is -4.22. The summed E-state index contributed by atoms with van der Waals surface area (Å²) < 4.78 is 18.3. The number of ether oxygens (including phenoxy) is 3. The number of hydrogen-bond acceptors (Lipinski definition) is 10. The summed E-state index contributed by atoms with van der Waals surface area (Å²) in [7, 11) is 0. The molecule has 2 heterocycles. The normalized spacial score (nSPS) is 14.0. The number of aromatic nitrogens is 1. The van der Waals surface area contributed by atoms with Gasteiger partial charge < -0.3 is 14.2 Å². The van der Waals surface area contributed by atoms with Gasteiger partial charge in [-0.1, -0.05) is 30.0 Å². The van der Waals surface area contributed by atoms with Crippen molar-refractivity contribution in [2.75, 3.05) is 13.2 Å². The van der Waals surface area contributed by atoms with Gasteiger partial charge in [0.2, 0.25) is 5.90 Å². The fraction of sp³-hybridized carbons (Fsp3) is 0.148. The van der Waals surface area contributed by atoms with Gasteiger partial charge in [-0.05, 0) is 61.9 Å². The quantitative estimate of drug-likeness (QED) is 0.101. The molecule has 38 heavy (non-hydrogen) atoms. The van der Waals surface area contributed by atoms with Crippen LogP contribution in [-0.4, -0.2) is 35.0 Å². The van der Waals surface area contributed by atoms with Crippen LogP contribution in [0.3, 0.4) is 0 Å². The highest BCUT2D eigenvalue weighted by atomic mass is 32.2. The van der Waals surface area contributed by atoms with Crippen molar-refractivity contribution in [3.05, 3.63) is 87.6 Å². The van der Waals surface area contributed by atoms with E-state index in [-0.39, 0.29) is 17.3 Å². The Bertz CT molecular complexity index is 1580. The van der Waals surface area contributed by atoms with E-state index in [0.29, 0.717) is 45.1 Å². The van der Waals surface area contributed by atoms with Crippen LogP contribution < -0.4 is 9.47 Å². The summed E-state index contributed by atoms with van der Waals surface area (Å²) in [5.74, 6) is 0.556. The second kappa shape index (κ2) is 11.0. The first-order valence-electron chi connectivity index (χ1n) is 11.7. The van der Waals surface area contributed by atoms with Crippen molar-refractivity contribution in [1.29, 1.82) is 0 Å². The van der Waals surface area contributed by atoms with Gasteiger partial charge in [0.25, 0.3) is 5.69 Å². The zero-order valence-electron chi connectivity index (χ0n) is 20.4. The maximum absolute atomic E-state index is 12.5. The molecular formula is C27H21N3O6S2. The summed E-state index contributed by atoms with van der Waals surface area (Å²) in [5.41, 5.74) is 1.78. The zero-order chi connectivity index (χ0) is 26.6. The van der Waals surface area contributed by atoms with E-state index in [0.717, 1.165) is 10.2 Å². The monoisotopic (exact) mass is 547 g/mol. The summed E-state index contributed by atoms with van der Waals surface area (Å²) >= 11 is 2.70. The standard InChI is InChI=1S/C27H21N3O6S2/c1-3-34-21-11-10-17(15-22(21)35-4-2)25-28-19(26(31)36-25)13-16-9-12-24(20(14-16)30(32)33)38-27-29-18-7-5-6-8-23(18)37-27/h5-15H,3-4H2,1-2H3/b19-13-. The number of carbonyl (C=O) groups excluding carboxylic acids is 1. The minimum absolute atomic E-state index is 0.0349. The third-order valence-corrected chi connectivity index (χ3v) is 7.53. The molecular weight excluding hydrogens is 526 g/mol. The van der Waals surface area contributed by atoms with Gasteiger partial charge >= 0.3 is 5.97 Å². The number of carbonyl (C=O) groups is 1. The molecule has 4 aromatic rings. The Labute approximate surface area is 225 Å². The van der Waals surface area contributed by atoms with Crippen molar-refractivity contribution < 1.29 is 23.9 Å². The Morgan fingerprint density at radius 3 is 2.61 bits per heavy atom. The summed E-state index contributed by atoms with van der Waals surface area (Å²) in [6.07, 6.45) is 1.46. The molecule has 0 radical (unpaired) electrons. The fourth-order valence-electron chi connectivity index (χ4n) is 3.72. The van der Waals surface area contributed by atoms with Gasteiger partial charge in [0.05, 0.1) is 33.2 Å². The molecule has 3 aromatic carbocycles. The third-order valence-electron chi connectivity index (χ3n) is 5.37. The molecule has 192 valence electrons. The predicted molar refractivity (Wildman–Crippen MR) is 146 cm³/mol. The Morgan fingerprint density at radius 1 is 1.05 bits per heavy atom. The number of aliphatic imine (C=N–C) groups is 1. The second-order valence-electron chi connectivity index (χ2n) is 7.90. The number of cyclic esters (lactones) is 1. The molecule has 0 spiro atoms. The van der Waals surface area contributed by atoms with Gasteiger partial charge in [0, 0.05) is 11.6 Å². The van der Waals surface area contributed by atoms with E-state index in [9.17, 15) is 14.9 Å². The Balaban J connectivity index is 1.42. The van der Waals surface area contributed by atoms with E-state index >= 15 is 0 Å². The van der Waals surface area contributed by atoms with Crippen LogP contribution in [-0.2, 0) is 9.53 Å². The number of para-hydroxylation sites is 1. The number of nitro groups is 1. The van der Waals surface area contributed by atoms with Crippen LogP contribution in [0.1, 0.15) is 25.0 Å². The highest BCUT2D eigenvalue weighted by Gasteiger charge is 2.26. The van der Waals surface area contributed by atoms with Crippen molar-refractivity contribution in [3.8, 4) is 11.5 Å². The van der Waals surface area contributed by atoms with Gasteiger partial charge in [0.1, 0.15) is 0 Å². The molecule has 0 saturated heterocycles. The summed E-state index contributed by atoms with van der Waals surface area (Å²) in [6, 6.07) is 17.6. The average molecular weight is 548 g/mol. The van der Waals surface area contributed by atoms with E-state index in [4.69, 9.17) is 14.2 Å². The Kier molecular flexibility index (Phi) is 7.38. The van der Waals surface area contributed by atoms with Crippen LogP contribution in [0.25, 0.3) is 16.3 Å². The molecule has 1 aromatic heterocycles. The number of fused-ring (bicyclic) bond motifs is 1. The molecule has 0 atom stereocenters. The predicted octanol–water partition coefficient (Wildman–Crippen LogP) is 6.50. The molecule has 0 unspecified atom stereocenters. The maximum Gasteiger partial charge on any atom is 0.363 e. The molecule has 0 amide bonds. The zero-order valence-corrected chi connectivity index (χ0v) is 22.0. The lowest BCUT2D eigenvalue weighted by molar-refractivity contribution is -0.387. The van der Waals surface area contributed by atoms with Crippen LogP contribution in [0, 0.1) is 10.1 Å². The largest absolute Gasteiger partial charge is 0.490 e. The van der Waals surface area contributed by atoms with Gasteiger partial charge in [-0.2, -0.15) is 0 Å². The Morgan fingerprint density at radius 2 is 1.84 bits per heavy atom. The maximum atomic E-state index is 12.5. The molecule has 1 aliphatic rings. The highest BCUT2D eigenvalue weighted by Crippen LogP contribution is 2.39. The fourth-order valence-corrected chi connectivity index (χ4v) is 5.83. The van der Waals surface area contributed by atoms with Crippen LogP contribution in [0.5, 0.6) is 11.5 Å². The van der Waals surface area contributed by atoms with Gasteiger partial charge in [0.15, 0.2) is 21.5 Å². The molecule has 9 nitrogen and oxygen atoms in total. The van der Waals surface area contributed by atoms with Crippen LogP contribution in [0.15, 0.2) is 80.6 Å². The van der Waals surface area contributed by atoms with E-state index in [1.807, 2.05) is 38.1 Å². The molecule has 0 N–H and O–H groups in total. The van der Waals surface area contributed by atoms with Crippen molar-refractivity contribution in [1.82, 2.24) is 4.98 Å². The topological polar surface area (TPSA) is 113 Å². The second-order valence-corrected chi connectivity index (χ2v) is 10.2. The molecule has 0 fully saturated rings. The number of esters is 1. The highest BCUT2D eigenvalue weighted by molar-refractivity contribution is 8.01. The molecule has 0 aliphatic carbocycles. The SMILES string of the molecule is CCOc1ccc(C2=N/C(=C\c3ccc(Sc4nc5ccccc5s4)c([N+](=O)[O-])c3)C(=O)O2)cc1OCC. The molecule has 0 saturated carbocycles. The molecule has 11 heteroatoms. The van der Waals surface area contributed by atoms with E-state index < -0.39 is 10.9 Å². The van der Waals surface area contributed by atoms with Crippen LogP contribution in [0.4, 0.5) is 5.69 Å². The summed E-state index contributed by atoms with van der Waals surface area (Å²) in [4.78, 5) is 33.3. The minimum atomic E-state index is -0.651. The number of thiazole rings is 1. The van der Waals surface area contributed by atoms with Gasteiger partial charge in [-0.15, -0.1) is 11.3 Å². The minimum Gasteiger partial charge on any atom is -0.490 e. The first-order chi connectivity index (χ1) is 18.4. The summed E-state index contributed by atoms with van der Waals surface area (Å²) in [6.45, 7) is 4.65. The smallest absolute Gasteiger partial charge is 0.363 e. The van der Waals surface area contributed by atoms with Crippen molar-refractivity contribution >= 4 is 56.9 Å². The van der Waals surface area contributed by atoms with E-state index in [1.165, 1.54) is 35.2 Å². The summed E-state index contributed by atoms with van der Waals surface area (Å²) in [5, 5.41) is 11.8. The van der Waals surface area contributed by atoms with Crippen LogP contribution >= 0.6 is 23.1 Å². The number of nitrogens with zero attached hydrogens (tertiary/aromatic N) is 3. The van der Waals surface area contributed by atoms with E-state index in [1.54, 1.807) is 30.3 Å². The molecule has 5 rings (SSSR count). The third kappa shape index (κ3) is 5.38. The molecule has 1 aliphatic heterocycles. The van der Waals surface area contributed by atoms with Gasteiger partial charge in [-0.3, -0.25) is 10.1 Å². The number of benzene rings is 3. The van der Waals surface area contributed by atoms with Crippen molar-refractivity contribution in [2.24, 2.45) is 4.99 Å². The lowest BCUT2D eigenvalue weighted by atomic mass is 10.1. The van der Waals surface area contributed by atoms with Gasteiger partial charge in [-0.25, -0.2) is 14.8 Å². The molecule has 0 bridgehead atoms. The van der Waals surface area contributed by atoms with Crippen molar-refractivity contribution in [3.63, 3.8) is 0 Å². The first kappa shape index (κ1) is 25.4. The number of rotatable bonds is 9. The van der Waals surface area contributed by atoms with E-state index in [2.05, 4.69) is 9.98 Å². The van der Waals surface area contributed by atoms with Crippen molar-refractivity contribution in [2.45, 2.75) is 23.1 Å². The first-order valence-corrected chi connectivity index (χ1v) is 13.3.